The lowest BCUT2D eigenvalue weighted by molar-refractivity contribution is -0.121. The van der Waals surface area contributed by atoms with Crippen LogP contribution in [0.3, 0.4) is 0 Å². The molecule has 1 aliphatic rings. The van der Waals surface area contributed by atoms with Crippen molar-refractivity contribution in [2.75, 3.05) is 18.4 Å². The van der Waals surface area contributed by atoms with E-state index in [4.69, 9.17) is 23.2 Å². The number of carbonyl (C=O) groups is 1. The second kappa shape index (κ2) is 8.02. The first-order valence-electron chi connectivity index (χ1n) is 8.14. The maximum Gasteiger partial charge on any atom is 0.227 e. The summed E-state index contributed by atoms with van der Waals surface area (Å²) in [6, 6.07) is 15.1. The van der Waals surface area contributed by atoms with Gasteiger partial charge in [0.1, 0.15) is 0 Å². The standard InChI is InChI=1S/C19H20Cl2N2O/c20-16-5-7-17(8-6-16)22-19(24)14-9-11-23(12-10-14)13-15-3-1-2-4-18(15)21/h1-8,14H,9-13H2,(H,22,24). The minimum atomic E-state index is 0.0585. The predicted molar refractivity (Wildman–Crippen MR) is 99.5 cm³/mol. The minimum Gasteiger partial charge on any atom is -0.326 e. The average molecular weight is 363 g/mol. The number of halogens is 2. The van der Waals surface area contributed by atoms with E-state index in [0.29, 0.717) is 5.02 Å². The highest BCUT2D eigenvalue weighted by Gasteiger charge is 2.25. The monoisotopic (exact) mass is 362 g/mol. The van der Waals surface area contributed by atoms with Gasteiger partial charge in [-0.3, -0.25) is 9.69 Å². The van der Waals surface area contributed by atoms with E-state index < -0.39 is 0 Å². The third-order valence-corrected chi connectivity index (χ3v) is 5.04. The minimum absolute atomic E-state index is 0.0585. The van der Waals surface area contributed by atoms with E-state index in [1.807, 2.05) is 30.3 Å². The molecular formula is C19H20Cl2N2O. The van der Waals surface area contributed by atoms with E-state index in [1.54, 1.807) is 12.1 Å². The molecule has 2 aromatic rings. The molecule has 1 heterocycles. The van der Waals surface area contributed by atoms with E-state index in [1.165, 1.54) is 0 Å². The highest BCUT2D eigenvalue weighted by molar-refractivity contribution is 6.31. The Balaban J connectivity index is 1.50. The maximum absolute atomic E-state index is 12.4. The number of piperidine rings is 1. The van der Waals surface area contributed by atoms with Crippen LogP contribution in [0.2, 0.25) is 10.0 Å². The molecule has 3 rings (SSSR count). The van der Waals surface area contributed by atoms with Gasteiger partial charge in [-0.15, -0.1) is 0 Å². The van der Waals surface area contributed by atoms with Crippen LogP contribution in [0.5, 0.6) is 0 Å². The lowest BCUT2D eigenvalue weighted by Gasteiger charge is -2.31. The fourth-order valence-corrected chi connectivity index (χ4v) is 3.32. The summed E-state index contributed by atoms with van der Waals surface area (Å²) in [6.45, 7) is 2.65. The molecule has 0 unspecified atom stereocenters. The van der Waals surface area contributed by atoms with Gasteiger partial charge >= 0.3 is 0 Å². The molecule has 2 aromatic carbocycles. The average Bonchev–Trinajstić information content (AvgIpc) is 2.59. The van der Waals surface area contributed by atoms with Gasteiger partial charge < -0.3 is 5.32 Å². The van der Waals surface area contributed by atoms with Gasteiger partial charge in [-0.05, 0) is 61.8 Å². The molecule has 0 aliphatic carbocycles. The van der Waals surface area contributed by atoms with Crippen LogP contribution >= 0.6 is 23.2 Å². The molecule has 0 atom stereocenters. The second-order valence-electron chi connectivity index (χ2n) is 6.14. The SMILES string of the molecule is O=C(Nc1ccc(Cl)cc1)C1CCN(Cc2ccccc2Cl)CC1. The maximum atomic E-state index is 12.4. The molecule has 0 radical (unpaired) electrons. The van der Waals surface area contributed by atoms with Crippen molar-refractivity contribution in [3.05, 3.63) is 64.1 Å². The molecule has 5 heteroatoms. The molecule has 3 nitrogen and oxygen atoms in total. The molecule has 126 valence electrons. The number of carbonyl (C=O) groups excluding carboxylic acids is 1. The molecule has 24 heavy (non-hydrogen) atoms. The van der Waals surface area contributed by atoms with E-state index in [2.05, 4.69) is 16.3 Å². The van der Waals surface area contributed by atoms with Crippen LogP contribution in [0.15, 0.2) is 48.5 Å². The zero-order valence-electron chi connectivity index (χ0n) is 13.3. The molecule has 0 saturated carbocycles. The summed E-state index contributed by atoms with van der Waals surface area (Å²) in [7, 11) is 0. The normalized spacial score (nSPS) is 16.1. The Hall–Kier alpha value is -1.55. The smallest absolute Gasteiger partial charge is 0.227 e. The van der Waals surface area contributed by atoms with Crippen LogP contribution in [0, 0.1) is 5.92 Å². The van der Waals surface area contributed by atoms with E-state index in [-0.39, 0.29) is 11.8 Å². The first kappa shape index (κ1) is 17.3. The number of nitrogens with one attached hydrogen (secondary N) is 1. The molecular weight excluding hydrogens is 343 g/mol. The summed E-state index contributed by atoms with van der Waals surface area (Å²) in [4.78, 5) is 14.7. The van der Waals surface area contributed by atoms with Crippen molar-refractivity contribution in [1.82, 2.24) is 4.90 Å². The van der Waals surface area contributed by atoms with Gasteiger partial charge in [-0.25, -0.2) is 0 Å². The summed E-state index contributed by atoms with van der Waals surface area (Å²) in [5, 5.41) is 4.45. The Labute approximate surface area is 152 Å². The van der Waals surface area contributed by atoms with Crippen molar-refractivity contribution >= 4 is 34.8 Å². The lowest BCUT2D eigenvalue weighted by atomic mass is 9.95. The Morgan fingerprint density at radius 1 is 1.04 bits per heavy atom. The van der Waals surface area contributed by atoms with Crippen molar-refractivity contribution in [1.29, 1.82) is 0 Å². The van der Waals surface area contributed by atoms with Crippen LogP contribution in [0.25, 0.3) is 0 Å². The van der Waals surface area contributed by atoms with Crippen LogP contribution < -0.4 is 5.32 Å². The van der Waals surface area contributed by atoms with E-state index in [9.17, 15) is 4.79 Å². The molecule has 0 aromatic heterocycles. The van der Waals surface area contributed by atoms with E-state index in [0.717, 1.165) is 48.7 Å². The Kier molecular flexibility index (Phi) is 5.77. The zero-order chi connectivity index (χ0) is 16.9. The summed E-state index contributed by atoms with van der Waals surface area (Å²) in [5.41, 5.74) is 1.94. The van der Waals surface area contributed by atoms with Gasteiger partial charge in [0.05, 0.1) is 0 Å². The third-order valence-electron chi connectivity index (χ3n) is 4.42. The fraction of sp³-hybridized carbons (Fsp3) is 0.316. The Morgan fingerprint density at radius 2 is 1.71 bits per heavy atom. The topological polar surface area (TPSA) is 32.3 Å². The number of likely N-dealkylation sites (tertiary alicyclic amines) is 1. The summed E-state index contributed by atoms with van der Waals surface area (Å²) in [5.74, 6) is 0.151. The molecule has 1 N–H and O–H groups in total. The number of benzene rings is 2. The zero-order valence-corrected chi connectivity index (χ0v) is 14.9. The first-order valence-corrected chi connectivity index (χ1v) is 8.89. The third kappa shape index (κ3) is 4.50. The van der Waals surface area contributed by atoms with Crippen LogP contribution in [0.4, 0.5) is 5.69 Å². The van der Waals surface area contributed by atoms with Crippen molar-refractivity contribution in [3.63, 3.8) is 0 Å². The fourth-order valence-electron chi connectivity index (χ4n) is 3.00. The van der Waals surface area contributed by atoms with Crippen molar-refractivity contribution in [2.24, 2.45) is 5.92 Å². The predicted octanol–water partition coefficient (Wildman–Crippen LogP) is 4.84. The summed E-state index contributed by atoms with van der Waals surface area (Å²) >= 11 is 12.1. The van der Waals surface area contributed by atoms with E-state index >= 15 is 0 Å². The summed E-state index contributed by atoms with van der Waals surface area (Å²) < 4.78 is 0. The number of anilines is 1. The Bertz CT molecular complexity index is 695. The Morgan fingerprint density at radius 3 is 2.38 bits per heavy atom. The molecule has 0 spiro atoms. The quantitative estimate of drug-likeness (QED) is 0.843. The molecule has 0 bridgehead atoms. The molecule has 1 saturated heterocycles. The van der Waals surface area contributed by atoms with Crippen LogP contribution in [0.1, 0.15) is 18.4 Å². The number of amides is 1. The van der Waals surface area contributed by atoms with Gasteiger partial charge in [0.2, 0.25) is 5.91 Å². The number of hydrogen-bond acceptors (Lipinski definition) is 2. The van der Waals surface area contributed by atoms with Gasteiger partial charge in [0.25, 0.3) is 0 Å². The largest absolute Gasteiger partial charge is 0.326 e. The van der Waals surface area contributed by atoms with Gasteiger partial charge in [0, 0.05) is 28.2 Å². The van der Waals surface area contributed by atoms with Crippen molar-refractivity contribution in [3.8, 4) is 0 Å². The van der Waals surface area contributed by atoms with Crippen molar-refractivity contribution in [2.45, 2.75) is 19.4 Å². The van der Waals surface area contributed by atoms with Gasteiger partial charge in [-0.2, -0.15) is 0 Å². The number of hydrogen-bond donors (Lipinski definition) is 1. The lowest BCUT2D eigenvalue weighted by Crippen LogP contribution is -2.37. The van der Waals surface area contributed by atoms with Crippen molar-refractivity contribution < 1.29 is 4.79 Å². The highest BCUT2D eigenvalue weighted by atomic mass is 35.5. The highest BCUT2D eigenvalue weighted by Crippen LogP contribution is 2.23. The van der Waals surface area contributed by atoms with Gasteiger partial charge in [0.15, 0.2) is 0 Å². The number of nitrogens with zero attached hydrogens (tertiary/aromatic N) is 1. The number of rotatable bonds is 4. The first-order chi connectivity index (χ1) is 11.6. The van der Waals surface area contributed by atoms with Crippen LogP contribution in [-0.2, 0) is 11.3 Å². The second-order valence-corrected chi connectivity index (χ2v) is 6.98. The molecule has 1 amide bonds. The van der Waals surface area contributed by atoms with Crippen LogP contribution in [-0.4, -0.2) is 23.9 Å². The molecule has 1 fully saturated rings. The van der Waals surface area contributed by atoms with Gasteiger partial charge in [-0.1, -0.05) is 41.4 Å². The summed E-state index contributed by atoms with van der Waals surface area (Å²) in [6.07, 6.45) is 1.73. The molecule has 1 aliphatic heterocycles.